The van der Waals surface area contributed by atoms with Crippen molar-refractivity contribution in [1.82, 2.24) is 4.90 Å². The van der Waals surface area contributed by atoms with Crippen molar-refractivity contribution in [2.24, 2.45) is 0 Å². The molecule has 0 spiro atoms. The van der Waals surface area contributed by atoms with Gasteiger partial charge < -0.3 is 0 Å². The fraction of sp³-hybridized carbons (Fsp3) is 0.353. The van der Waals surface area contributed by atoms with Crippen LogP contribution in [0, 0.1) is 20.8 Å². The Hall–Kier alpha value is -1.45. The number of ketones is 1. The van der Waals surface area contributed by atoms with Crippen LogP contribution in [0.3, 0.4) is 0 Å². The van der Waals surface area contributed by atoms with E-state index in [9.17, 15) is 4.79 Å². The lowest BCUT2D eigenvalue weighted by atomic mass is 9.98. The van der Waals surface area contributed by atoms with E-state index in [-0.39, 0.29) is 5.78 Å². The Morgan fingerprint density at radius 3 is 2.50 bits per heavy atom. The summed E-state index contributed by atoms with van der Waals surface area (Å²) in [6, 6.07) is 8.27. The van der Waals surface area contributed by atoms with Crippen molar-refractivity contribution in [2.45, 2.75) is 27.3 Å². The van der Waals surface area contributed by atoms with Crippen LogP contribution in [0.2, 0.25) is 0 Å². The highest BCUT2D eigenvalue weighted by Crippen LogP contribution is 2.17. The van der Waals surface area contributed by atoms with Gasteiger partial charge in [0.05, 0.1) is 6.54 Å². The number of thiophene rings is 1. The molecule has 0 saturated carbocycles. The van der Waals surface area contributed by atoms with Crippen molar-refractivity contribution in [2.75, 3.05) is 13.6 Å². The second-order valence-corrected chi connectivity index (χ2v) is 6.46. The Morgan fingerprint density at radius 1 is 1.15 bits per heavy atom. The first-order valence-electron chi connectivity index (χ1n) is 6.79. The van der Waals surface area contributed by atoms with Crippen LogP contribution in [0.1, 0.15) is 31.9 Å². The highest BCUT2D eigenvalue weighted by Gasteiger charge is 2.13. The molecule has 1 aromatic heterocycles. The Bertz CT molecular complexity index is 602. The molecule has 0 N–H and O–H groups in total. The molecule has 20 heavy (non-hydrogen) atoms. The second kappa shape index (κ2) is 6.33. The zero-order valence-corrected chi connectivity index (χ0v) is 13.4. The standard InChI is InChI=1S/C17H21NOS/c1-12-8-14(3)16(9-13(12)2)17(19)11-18(4)10-15-6-5-7-20-15/h5-9H,10-11H2,1-4H3. The van der Waals surface area contributed by atoms with E-state index in [1.165, 1.54) is 16.0 Å². The number of carbonyl (C=O) groups excluding carboxylic acids is 1. The highest BCUT2D eigenvalue weighted by atomic mass is 32.1. The molecule has 1 aromatic carbocycles. The van der Waals surface area contributed by atoms with E-state index in [0.29, 0.717) is 6.54 Å². The van der Waals surface area contributed by atoms with Crippen LogP contribution in [0.4, 0.5) is 0 Å². The molecule has 3 heteroatoms. The number of hydrogen-bond acceptors (Lipinski definition) is 3. The van der Waals surface area contributed by atoms with E-state index >= 15 is 0 Å². The van der Waals surface area contributed by atoms with Crippen LogP contribution >= 0.6 is 11.3 Å². The molecule has 2 aromatic rings. The summed E-state index contributed by atoms with van der Waals surface area (Å²) in [4.78, 5) is 15.8. The van der Waals surface area contributed by atoms with Gasteiger partial charge >= 0.3 is 0 Å². The lowest BCUT2D eigenvalue weighted by Crippen LogP contribution is -2.25. The van der Waals surface area contributed by atoms with Crippen molar-refractivity contribution < 1.29 is 4.79 Å². The third-order valence-corrected chi connectivity index (χ3v) is 4.42. The molecular formula is C17H21NOS. The maximum absolute atomic E-state index is 12.4. The summed E-state index contributed by atoms with van der Waals surface area (Å²) >= 11 is 1.73. The number of likely N-dealkylation sites (N-methyl/N-ethyl adjacent to an activating group) is 1. The van der Waals surface area contributed by atoms with Gasteiger partial charge in [-0.25, -0.2) is 0 Å². The van der Waals surface area contributed by atoms with Crippen LogP contribution in [-0.2, 0) is 6.54 Å². The Balaban J connectivity index is 2.06. The number of hydrogen-bond donors (Lipinski definition) is 0. The van der Waals surface area contributed by atoms with Gasteiger partial charge in [0.15, 0.2) is 5.78 Å². The maximum Gasteiger partial charge on any atom is 0.177 e. The minimum absolute atomic E-state index is 0.199. The minimum Gasteiger partial charge on any atom is -0.294 e. The van der Waals surface area contributed by atoms with Crippen molar-refractivity contribution in [3.63, 3.8) is 0 Å². The predicted octanol–water partition coefficient (Wildman–Crippen LogP) is 3.99. The van der Waals surface area contributed by atoms with E-state index in [1.807, 2.05) is 26.1 Å². The molecule has 0 aliphatic heterocycles. The molecular weight excluding hydrogens is 266 g/mol. The Kier molecular flexibility index (Phi) is 4.73. The van der Waals surface area contributed by atoms with Gasteiger partial charge in [-0.1, -0.05) is 12.1 Å². The SMILES string of the molecule is Cc1cc(C)c(C(=O)CN(C)Cc2cccs2)cc1C. The monoisotopic (exact) mass is 287 g/mol. The molecule has 106 valence electrons. The highest BCUT2D eigenvalue weighted by molar-refractivity contribution is 7.09. The first-order valence-corrected chi connectivity index (χ1v) is 7.67. The third kappa shape index (κ3) is 3.56. The molecule has 0 saturated heterocycles. The lowest BCUT2D eigenvalue weighted by Gasteiger charge is -2.16. The van der Waals surface area contributed by atoms with Gasteiger partial charge in [0, 0.05) is 17.0 Å². The first-order chi connectivity index (χ1) is 9.47. The Labute approximate surface area is 125 Å². The molecule has 0 fully saturated rings. The van der Waals surface area contributed by atoms with Crippen LogP contribution in [0.5, 0.6) is 0 Å². The van der Waals surface area contributed by atoms with Crippen LogP contribution in [0.15, 0.2) is 29.6 Å². The number of aryl methyl sites for hydroxylation is 3. The number of Topliss-reactive ketones (excluding diaryl/α,β-unsaturated/α-hetero) is 1. The number of rotatable bonds is 5. The molecule has 0 unspecified atom stereocenters. The Morgan fingerprint density at radius 2 is 1.85 bits per heavy atom. The number of nitrogens with zero attached hydrogens (tertiary/aromatic N) is 1. The zero-order valence-electron chi connectivity index (χ0n) is 12.6. The van der Waals surface area contributed by atoms with Crippen molar-refractivity contribution in [1.29, 1.82) is 0 Å². The molecule has 0 amide bonds. The lowest BCUT2D eigenvalue weighted by molar-refractivity contribution is 0.0943. The van der Waals surface area contributed by atoms with E-state index in [4.69, 9.17) is 0 Å². The smallest absolute Gasteiger partial charge is 0.177 e. The van der Waals surface area contributed by atoms with Gasteiger partial charge in [-0.2, -0.15) is 0 Å². The van der Waals surface area contributed by atoms with Gasteiger partial charge in [-0.15, -0.1) is 11.3 Å². The summed E-state index contributed by atoms with van der Waals surface area (Å²) in [5.74, 6) is 0.199. The molecule has 0 atom stereocenters. The molecule has 2 nitrogen and oxygen atoms in total. The van der Waals surface area contributed by atoms with Crippen molar-refractivity contribution in [3.05, 3.63) is 56.8 Å². The summed E-state index contributed by atoms with van der Waals surface area (Å²) in [6.45, 7) is 7.44. The van der Waals surface area contributed by atoms with Gasteiger partial charge in [0.25, 0.3) is 0 Å². The van der Waals surface area contributed by atoms with Gasteiger partial charge in [-0.3, -0.25) is 9.69 Å². The zero-order chi connectivity index (χ0) is 14.7. The van der Waals surface area contributed by atoms with Gasteiger partial charge in [0.2, 0.25) is 0 Å². The summed E-state index contributed by atoms with van der Waals surface area (Å²) in [7, 11) is 1.99. The molecule has 0 radical (unpaired) electrons. The average Bonchev–Trinajstić information content (AvgIpc) is 2.86. The quantitative estimate of drug-likeness (QED) is 0.775. The summed E-state index contributed by atoms with van der Waals surface area (Å²) in [6.07, 6.45) is 0. The summed E-state index contributed by atoms with van der Waals surface area (Å²) in [5.41, 5.74) is 4.35. The first kappa shape index (κ1) is 14.9. The van der Waals surface area contributed by atoms with E-state index in [2.05, 4.69) is 36.3 Å². The number of benzene rings is 1. The average molecular weight is 287 g/mol. The molecule has 1 heterocycles. The third-order valence-electron chi connectivity index (χ3n) is 3.56. The molecule has 0 bridgehead atoms. The number of carbonyl (C=O) groups is 1. The predicted molar refractivity (Wildman–Crippen MR) is 85.6 cm³/mol. The molecule has 2 rings (SSSR count). The summed E-state index contributed by atoms with van der Waals surface area (Å²) in [5, 5.41) is 2.07. The van der Waals surface area contributed by atoms with E-state index < -0.39 is 0 Å². The fourth-order valence-corrected chi connectivity index (χ4v) is 3.10. The van der Waals surface area contributed by atoms with Crippen LogP contribution in [0.25, 0.3) is 0 Å². The topological polar surface area (TPSA) is 20.3 Å². The largest absolute Gasteiger partial charge is 0.294 e. The van der Waals surface area contributed by atoms with Crippen molar-refractivity contribution >= 4 is 17.1 Å². The second-order valence-electron chi connectivity index (χ2n) is 5.43. The van der Waals surface area contributed by atoms with E-state index in [1.54, 1.807) is 11.3 Å². The van der Waals surface area contributed by atoms with Crippen LogP contribution in [-0.4, -0.2) is 24.3 Å². The molecule has 0 aliphatic carbocycles. The van der Waals surface area contributed by atoms with E-state index in [0.717, 1.165) is 17.7 Å². The van der Waals surface area contributed by atoms with Crippen molar-refractivity contribution in [3.8, 4) is 0 Å². The fourth-order valence-electron chi connectivity index (χ4n) is 2.32. The van der Waals surface area contributed by atoms with Gasteiger partial charge in [-0.05, 0) is 62.0 Å². The summed E-state index contributed by atoms with van der Waals surface area (Å²) < 4.78 is 0. The van der Waals surface area contributed by atoms with Gasteiger partial charge in [0.1, 0.15) is 0 Å². The molecule has 0 aliphatic rings. The van der Waals surface area contributed by atoms with Crippen LogP contribution < -0.4 is 0 Å². The minimum atomic E-state index is 0.199. The normalized spacial score (nSPS) is 11.1. The maximum atomic E-state index is 12.4.